The van der Waals surface area contributed by atoms with Gasteiger partial charge in [0.05, 0.1) is 16.7 Å². The van der Waals surface area contributed by atoms with Crippen LogP contribution in [0.5, 0.6) is 0 Å². The number of benzene rings is 3. The SMILES string of the molecule is N#Cc1c(I)ccc2c1C1c3c(ccc(I)c3C#N)C2c2ccc(I)c(C#N)c21. The third-order valence-corrected chi connectivity index (χ3v) is 8.52. The van der Waals surface area contributed by atoms with E-state index in [9.17, 15) is 15.8 Å². The van der Waals surface area contributed by atoms with Crippen LogP contribution in [0.4, 0.5) is 0 Å². The molecule has 136 valence electrons. The summed E-state index contributed by atoms with van der Waals surface area (Å²) in [5.41, 5.74) is 8.18. The Morgan fingerprint density at radius 3 is 1.10 bits per heavy atom. The van der Waals surface area contributed by atoms with E-state index in [4.69, 9.17) is 0 Å². The third kappa shape index (κ3) is 2.47. The van der Waals surface area contributed by atoms with Crippen LogP contribution in [0.2, 0.25) is 0 Å². The Morgan fingerprint density at radius 1 is 0.517 bits per heavy atom. The predicted octanol–water partition coefficient (Wildman–Crippen LogP) is 6.10. The summed E-state index contributed by atoms with van der Waals surface area (Å²) >= 11 is 6.60. The molecule has 3 aliphatic carbocycles. The van der Waals surface area contributed by atoms with Gasteiger partial charge in [-0.2, -0.15) is 15.8 Å². The van der Waals surface area contributed by atoms with E-state index in [0.29, 0.717) is 16.7 Å². The monoisotopic (exact) mass is 707 g/mol. The second-order valence-corrected chi connectivity index (χ2v) is 10.5. The van der Waals surface area contributed by atoms with Crippen molar-refractivity contribution in [3.63, 3.8) is 0 Å². The van der Waals surface area contributed by atoms with Crippen molar-refractivity contribution in [2.75, 3.05) is 0 Å². The average molecular weight is 707 g/mol. The minimum Gasteiger partial charge on any atom is -0.192 e. The van der Waals surface area contributed by atoms with Gasteiger partial charge in [-0.25, -0.2) is 0 Å². The van der Waals surface area contributed by atoms with Crippen molar-refractivity contribution in [2.24, 2.45) is 0 Å². The summed E-state index contributed by atoms with van der Waals surface area (Å²) in [6.45, 7) is 0. The molecule has 0 unspecified atom stereocenters. The molecule has 0 aromatic heterocycles. The molecule has 3 aromatic rings. The van der Waals surface area contributed by atoms with Crippen molar-refractivity contribution in [1.29, 1.82) is 15.8 Å². The van der Waals surface area contributed by atoms with Crippen molar-refractivity contribution >= 4 is 67.8 Å². The van der Waals surface area contributed by atoms with Crippen LogP contribution in [0.3, 0.4) is 0 Å². The molecular weight excluding hydrogens is 699 g/mol. The first-order chi connectivity index (χ1) is 14.0. The Hall–Kier alpha value is -1.68. The predicted molar refractivity (Wildman–Crippen MR) is 134 cm³/mol. The van der Waals surface area contributed by atoms with Crippen LogP contribution in [0.15, 0.2) is 36.4 Å². The molecule has 29 heavy (non-hydrogen) atoms. The minimum atomic E-state index is -0.280. The molecule has 0 saturated carbocycles. The number of nitrogens with zero attached hydrogens (tertiary/aromatic N) is 3. The quantitative estimate of drug-likeness (QED) is 0.183. The number of rotatable bonds is 0. The van der Waals surface area contributed by atoms with Gasteiger partial charge in [0.1, 0.15) is 18.2 Å². The molecule has 0 fully saturated rings. The van der Waals surface area contributed by atoms with E-state index >= 15 is 0 Å². The fraction of sp³-hybridized carbons (Fsp3) is 0.0870. The summed E-state index contributed by atoms with van der Waals surface area (Å²) < 4.78 is 2.69. The topological polar surface area (TPSA) is 71.4 Å². The van der Waals surface area contributed by atoms with Crippen molar-refractivity contribution in [3.05, 3.63) is 97.2 Å². The van der Waals surface area contributed by atoms with Gasteiger partial charge in [-0.3, -0.25) is 0 Å². The molecular formula is C23H8I3N3. The summed E-state index contributed by atoms with van der Waals surface area (Å²) in [6.07, 6.45) is 0. The Morgan fingerprint density at radius 2 is 0.828 bits per heavy atom. The number of hydrogen-bond acceptors (Lipinski definition) is 3. The highest BCUT2D eigenvalue weighted by Crippen LogP contribution is 2.59. The summed E-state index contributed by atoms with van der Waals surface area (Å²) in [5.74, 6) is -0.351. The Bertz CT molecular complexity index is 1220. The van der Waals surface area contributed by atoms with Crippen molar-refractivity contribution in [3.8, 4) is 18.2 Å². The van der Waals surface area contributed by atoms with Crippen molar-refractivity contribution < 1.29 is 0 Å². The smallest absolute Gasteiger partial charge is 0.101 e. The van der Waals surface area contributed by atoms with Gasteiger partial charge in [-0.05, 0) is 119 Å². The lowest BCUT2D eigenvalue weighted by Gasteiger charge is -2.43. The summed E-state index contributed by atoms with van der Waals surface area (Å²) in [7, 11) is 0. The minimum absolute atomic E-state index is 0.0719. The van der Waals surface area contributed by atoms with Gasteiger partial charge in [-0.15, -0.1) is 0 Å². The third-order valence-electron chi connectivity index (χ3n) is 5.82. The van der Waals surface area contributed by atoms with Crippen LogP contribution < -0.4 is 0 Å². The molecule has 0 N–H and O–H groups in total. The molecule has 0 saturated heterocycles. The van der Waals surface area contributed by atoms with Crippen LogP contribution in [-0.2, 0) is 0 Å². The fourth-order valence-electron chi connectivity index (χ4n) is 4.79. The van der Waals surface area contributed by atoms with Crippen LogP contribution in [0.1, 0.15) is 61.9 Å². The van der Waals surface area contributed by atoms with Crippen LogP contribution >= 0.6 is 67.8 Å². The Kier molecular flexibility index (Phi) is 4.62. The Balaban J connectivity index is 2.02. The first-order valence-corrected chi connectivity index (χ1v) is 11.9. The molecule has 0 atom stereocenters. The van der Waals surface area contributed by atoms with Crippen LogP contribution in [-0.4, -0.2) is 0 Å². The van der Waals surface area contributed by atoms with Gasteiger partial charge in [-0.1, -0.05) is 18.2 Å². The summed E-state index contributed by atoms with van der Waals surface area (Å²) in [6, 6.07) is 19.5. The molecule has 0 aliphatic heterocycles. The Labute approximate surface area is 208 Å². The zero-order valence-corrected chi connectivity index (χ0v) is 21.1. The van der Waals surface area contributed by atoms with Gasteiger partial charge in [0.2, 0.25) is 0 Å². The number of halogens is 3. The summed E-state index contributed by atoms with van der Waals surface area (Å²) in [4.78, 5) is 0. The zero-order valence-electron chi connectivity index (χ0n) is 14.6. The van der Waals surface area contributed by atoms with Gasteiger partial charge in [0.25, 0.3) is 0 Å². The lowest BCUT2D eigenvalue weighted by Crippen LogP contribution is -2.31. The van der Waals surface area contributed by atoms with Crippen LogP contribution in [0, 0.1) is 44.7 Å². The number of nitriles is 3. The normalized spacial score (nSPS) is 17.4. The molecule has 3 nitrogen and oxygen atoms in total. The molecule has 0 radical (unpaired) electrons. The van der Waals surface area contributed by atoms with Gasteiger partial charge in [0.15, 0.2) is 0 Å². The second kappa shape index (κ2) is 6.94. The first kappa shape index (κ1) is 19.3. The van der Waals surface area contributed by atoms with E-state index in [1.165, 1.54) is 0 Å². The van der Waals surface area contributed by atoms with Gasteiger partial charge in [0, 0.05) is 22.5 Å². The number of hydrogen-bond donors (Lipinski definition) is 0. The molecule has 3 aromatic carbocycles. The standard InChI is InChI=1S/C23H8I3N3/c24-16-4-1-10-19-11-2-5-17(25)14(8-28)21(11)23(20(10)13(16)7-27)22-12(19)3-6-18(26)15(22)9-29/h1-6,19,23H. The highest BCUT2D eigenvalue weighted by molar-refractivity contribution is 14.1. The van der Waals surface area contributed by atoms with Gasteiger partial charge >= 0.3 is 0 Å². The molecule has 6 heteroatoms. The van der Waals surface area contributed by atoms with Crippen LogP contribution in [0.25, 0.3) is 0 Å². The maximum Gasteiger partial charge on any atom is 0.101 e. The largest absolute Gasteiger partial charge is 0.192 e. The average Bonchev–Trinajstić information content (AvgIpc) is 2.73. The molecule has 2 bridgehead atoms. The molecule has 3 aliphatic rings. The van der Waals surface area contributed by atoms with E-state index in [1.807, 2.05) is 18.2 Å². The molecule has 0 amide bonds. The lowest BCUT2D eigenvalue weighted by molar-refractivity contribution is 0.744. The van der Waals surface area contributed by atoms with Crippen molar-refractivity contribution in [1.82, 2.24) is 0 Å². The zero-order chi connectivity index (χ0) is 20.4. The maximum atomic E-state index is 9.97. The molecule has 0 heterocycles. The van der Waals surface area contributed by atoms with E-state index < -0.39 is 0 Å². The fourth-order valence-corrected chi connectivity index (χ4v) is 6.56. The van der Waals surface area contributed by atoms with E-state index in [0.717, 1.165) is 44.1 Å². The summed E-state index contributed by atoms with van der Waals surface area (Å²) in [5, 5.41) is 29.9. The van der Waals surface area contributed by atoms with E-state index in [1.54, 1.807) is 0 Å². The highest BCUT2D eigenvalue weighted by atomic mass is 127. The second-order valence-electron chi connectivity index (χ2n) is 6.98. The highest BCUT2D eigenvalue weighted by Gasteiger charge is 2.46. The first-order valence-electron chi connectivity index (χ1n) is 8.70. The maximum absolute atomic E-state index is 9.97. The van der Waals surface area contributed by atoms with Gasteiger partial charge < -0.3 is 0 Å². The molecule has 0 spiro atoms. The molecule has 6 rings (SSSR count). The lowest BCUT2D eigenvalue weighted by atomic mass is 9.58. The van der Waals surface area contributed by atoms with E-state index in [-0.39, 0.29) is 11.8 Å². The van der Waals surface area contributed by atoms with Crippen molar-refractivity contribution in [2.45, 2.75) is 11.8 Å². The van der Waals surface area contributed by atoms with E-state index in [2.05, 4.69) is 104 Å².